The Bertz CT molecular complexity index is 470. The third kappa shape index (κ3) is 3.12. The predicted octanol–water partition coefficient (Wildman–Crippen LogP) is 0.462. The predicted molar refractivity (Wildman–Crippen MR) is 57.0 cm³/mol. The minimum atomic E-state index is -4.58. The van der Waals surface area contributed by atoms with Crippen molar-refractivity contribution in [1.82, 2.24) is 9.97 Å². The van der Waals surface area contributed by atoms with Gasteiger partial charge in [-0.1, -0.05) is 0 Å². The van der Waals surface area contributed by atoms with Crippen molar-refractivity contribution in [3.63, 3.8) is 0 Å². The maximum absolute atomic E-state index is 12.5. The first kappa shape index (κ1) is 13.6. The van der Waals surface area contributed by atoms with Crippen molar-refractivity contribution in [1.29, 1.82) is 0 Å². The molecule has 0 amide bonds. The first-order chi connectivity index (χ1) is 8.88. The molecular weight excluding hydrogens is 263 g/mol. The van der Waals surface area contributed by atoms with Crippen LogP contribution in [0.2, 0.25) is 0 Å². The fourth-order valence-electron chi connectivity index (χ4n) is 2.01. The van der Waals surface area contributed by atoms with Crippen LogP contribution in [0.15, 0.2) is 12.3 Å². The highest BCUT2D eigenvalue weighted by Gasteiger charge is 2.35. The smallest absolute Gasteiger partial charge is 0.451 e. The second-order valence-electron chi connectivity index (χ2n) is 4.32. The molecule has 0 N–H and O–H groups in total. The van der Waals surface area contributed by atoms with Crippen LogP contribution in [0.1, 0.15) is 18.7 Å². The van der Waals surface area contributed by atoms with Gasteiger partial charge in [-0.3, -0.25) is 0 Å². The lowest BCUT2D eigenvalue weighted by atomic mass is 9.97. The number of aromatic nitrogens is 2. The summed E-state index contributed by atoms with van der Waals surface area (Å²) in [5.74, 6) is -2.68. The number of piperidine rings is 1. The first-order valence-electron chi connectivity index (χ1n) is 5.74. The molecule has 2 rings (SSSR count). The number of alkyl halides is 3. The summed E-state index contributed by atoms with van der Waals surface area (Å²) < 4.78 is 37.4. The molecule has 0 bridgehead atoms. The molecule has 0 unspecified atom stereocenters. The highest BCUT2D eigenvalue weighted by molar-refractivity contribution is 5.68. The normalized spacial score (nSPS) is 17.5. The molecule has 0 saturated carbocycles. The van der Waals surface area contributed by atoms with Crippen molar-refractivity contribution in [3.05, 3.63) is 18.1 Å². The summed E-state index contributed by atoms with van der Waals surface area (Å²) in [7, 11) is 0. The molecule has 0 aliphatic carbocycles. The lowest BCUT2D eigenvalue weighted by Crippen LogP contribution is -2.41. The molecule has 1 saturated heterocycles. The second-order valence-corrected chi connectivity index (χ2v) is 4.32. The second kappa shape index (κ2) is 5.02. The van der Waals surface area contributed by atoms with E-state index in [9.17, 15) is 23.1 Å². The van der Waals surface area contributed by atoms with Gasteiger partial charge in [0.2, 0.25) is 5.82 Å². The van der Waals surface area contributed by atoms with Gasteiger partial charge in [0.25, 0.3) is 0 Å². The van der Waals surface area contributed by atoms with Crippen molar-refractivity contribution in [2.24, 2.45) is 5.92 Å². The lowest BCUT2D eigenvalue weighted by Gasteiger charge is -2.33. The third-order valence-corrected chi connectivity index (χ3v) is 3.05. The van der Waals surface area contributed by atoms with Crippen molar-refractivity contribution in [2.45, 2.75) is 19.0 Å². The van der Waals surface area contributed by atoms with Crippen LogP contribution in [-0.4, -0.2) is 29.0 Å². The van der Waals surface area contributed by atoms with Gasteiger partial charge in [-0.2, -0.15) is 13.2 Å². The van der Waals surface area contributed by atoms with Crippen LogP contribution in [-0.2, 0) is 11.0 Å². The number of rotatable bonds is 2. The number of hydrogen-bond donors (Lipinski definition) is 0. The van der Waals surface area contributed by atoms with Crippen LogP contribution in [0.4, 0.5) is 19.0 Å². The first-order valence-corrected chi connectivity index (χ1v) is 5.74. The Morgan fingerprint density at radius 2 is 2.00 bits per heavy atom. The van der Waals surface area contributed by atoms with Gasteiger partial charge in [0.1, 0.15) is 5.82 Å². The zero-order valence-electron chi connectivity index (χ0n) is 9.85. The highest BCUT2D eigenvalue weighted by Crippen LogP contribution is 2.28. The molecule has 0 atom stereocenters. The van der Waals surface area contributed by atoms with Crippen LogP contribution < -0.4 is 10.0 Å². The molecular formula is C11H11F3N3O2-. The highest BCUT2D eigenvalue weighted by atomic mass is 19.4. The van der Waals surface area contributed by atoms with Crippen molar-refractivity contribution in [2.75, 3.05) is 18.0 Å². The number of carbonyl (C=O) groups is 1. The average molecular weight is 274 g/mol. The molecule has 1 fully saturated rings. The molecule has 104 valence electrons. The summed E-state index contributed by atoms with van der Waals surface area (Å²) in [6.07, 6.45) is -2.85. The quantitative estimate of drug-likeness (QED) is 0.783. The zero-order chi connectivity index (χ0) is 14.0. The van der Waals surface area contributed by atoms with Crippen LogP contribution in [0.25, 0.3) is 0 Å². The van der Waals surface area contributed by atoms with E-state index in [1.54, 1.807) is 4.90 Å². The number of carboxylic acid groups (broad SMARTS) is 1. The minimum absolute atomic E-state index is 0.166. The van der Waals surface area contributed by atoms with Gasteiger partial charge in [0, 0.05) is 31.2 Å². The Morgan fingerprint density at radius 3 is 2.53 bits per heavy atom. The number of carboxylic acids is 1. The summed E-state index contributed by atoms with van der Waals surface area (Å²) >= 11 is 0. The third-order valence-electron chi connectivity index (χ3n) is 3.05. The summed E-state index contributed by atoms with van der Waals surface area (Å²) in [5, 5.41) is 10.7. The van der Waals surface area contributed by atoms with E-state index in [0.29, 0.717) is 25.9 Å². The van der Waals surface area contributed by atoms with Crippen LogP contribution in [0.3, 0.4) is 0 Å². The van der Waals surface area contributed by atoms with Gasteiger partial charge in [-0.15, -0.1) is 0 Å². The van der Waals surface area contributed by atoms with E-state index in [2.05, 4.69) is 9.97 Å². The van der Waals surface area contributed by atoms with E-state index in [1.807, 2.05) is 0 Å². The standard InChI is InChI=1S/C11H12F3N3O2/c12-11(13,14)10-15-4-1-8(16-10)17-5-2-7(3-6-17)9(18)19/h1,4,7H,2-3,5-6H2,(H,18,19)/p-1. The van der Waals surface area contributed by atoms with Gasteiger partial charge in [-0.05, 0) is 18.9 Å². The lowest BCUT2D eigenvalue weighted by molar-refractivity contribution is -0.312. The maximum atomic E-state index is 12.5. The SMILES string of the molecule is O=C([O-])C1CCN(c2ccnc(C(F)(F)F)n2)CC1. The van der Waals surface area contributed by atoms with Crippen LogP contribution in [0, 0.1) is 5.92 Å². The van der Waals surface area contributed by atoms with Crippen LogP contribution in [0.5, 0.6) is 0 Å². The molecule has 2 heterocycles. The molecule has 5 nitrogen and oxygen atoms in total. The molecule has 0 radical (unpaired) electrons. The molecule has 1 aliphatic rings. The average Bonchev–Trinajstić information content (AvgIpc) is 2.38. The molecule has 8 heteroatoms. The summed E-state index contributed by atoms with van der Waals surface area (Å²) in [5.41, 5.74) is 0. The van der Waals surface area contributed by atoms with Crippen molar-refractivity contribution < 1.29 is 23.1 Å². The number of anilines is 1. The van der Waals surface area contributed by atoms with Gasteiger partial charge in [0.15, 0.2) is 0 Å². The fourth-order valence-corrected chi connectivity index (χ4v) is 2.01. The summed E-state index contributed by atoms with van der Waals surface area (Å²) in [6, 6.07) is 1.38. The van der Waals surface area contributed by atoms with E-state index in [4.69, 9.17) is 0 Å². The molecule has 1 aromatic rings. The zero-order valence-corrected chi connectivity index (χ0v) is 9.85. The number of carbonyl (C=O) groups excluding carboxylic acids is 1. The number of hydrogen-bond acceptors (Lipinski definition) is 5. The Labute approximate surface area is 107 Å². The number of halogens is 3. The Hall–Kier alpha value is -1.86. The Balaban J connectivity index is 2.10. The van der Waals surface area contributed by atoms with Crippen LogP contribution >= 0.6 is 0 Å². The largest absolute Gasteiger partial charge is 0.550 e. The number of aliphatic carboxylic acids is 1. The van der Waals surface area contributed by atoms with Gasteiger partial charge in [-0.25, -0.2) is 9.97 Å². The fraction of sp³-hybridized carbons (Fsp3) is 0.545. The summed E-state index contributed by atoms with van der Waals surface area (Å²) in [6.45, 7) is 0.680. The summed E-state index contributed by atoms with van der Waals surface area (Å²) in [4.78, 5) is 18.9. The van der Waals surface area contributed by atoms with Gasteiger partial charge in [0.05, 0.1) is 0 Å². The van der Waals surface area contributed by atoms with Gasteiger partial charge >= 0.3 is 6.18 Å². The molecule has 1 aromatic heterocycles. The van der Waals surface area contributed by atoms with Crippen molar-refractivity contribution in [3.8, 4) is 0 Å². The van der Waals surface area contributed by atoms with E-state index in [1.165, 1.54) is 6.07 Å². The van der Waals surface area contributed by atoms with Gasteiger partial charge < -0.3 is 14.8 Å². The minimum Gasteiger partial charge on any atom is -0.550 e. The van der Waals surface area contributed by atoms with E-state index < -0.39 is 23.9 Å². The van der Waals surface area contributed by atoms with E-state index in [0.717, 1.165) is 6.20 Å². The molecule has 0 aromatic carbocycles. The Morgan fingerprint density at radius 1 is 1.37 bits per heavy atom. The monoisotopic (exact) mass is 274 g/mol. The Kier molecular flexibility index (Phi) is 3.59. The topological polar surface area (TPSA) is 69.2 Å². The maximum Gasteiger partial charge on any atom is 0.451 e. The molecule has 19 heavy (non-hydrogen) atoms. The molecule has 1 aliphatic heterocycles. The number of nitrogens with zero attached hydrogens (tertiary/aromatic N) is 3. The van der Waals surface area contributed by atoms with E-state index in [-0.39, 0.29) is 5.82 Å². The molecule has 0 spiro atoms. The van der Waals surface area contributed by atoms with Crippen molar-refractivity contribution >= 4 is 11.8 Å². The van der Waals surface area contributed by atoms with E-state index >= 15 is 0 Å².